The lowest BCUT2D eigenvalue weighted by Gasteiger charge is -2.11. The van der Waals surface area contributed by atoms with E-state index in [2.05, 4.69) is 20.8 Å². The topological polar surface area (TPSA) is 106 Å². The largest absolute Gasteiger partial charge is 0.399 e. The monoisotopic (exact) mass is 275 g/mol. The van der Waals surface area contributed by atoms with Crippen molar-refractivity contribution in [2.75, 3.05) is 17.6 Å². The molecular weight excluding hydrogens is 258 g/mol. The standard InChI is InChI=1S/C13H17N5O2/c1-3-15-13(19)10-5-4-9(14)6-11(10)16-7-12-17-8(2)20-18-12/h4-6,16H,3,7,14H2,1-2H3,(H,15,19). The second kappa shape index (κ2) is 6.05. The van der Waals surface area contributed by atoms with Crippen molar-refractivity contribution < 1.29 is 9.32 Å². The van der Waals surface area contributed by atoms with Crippen molar-refractivity contribution >= 4 is 17.3 Å². The van der Waals surface area contributed by atoms with E-state index in [1.54, 1.807) is 25.1 Å². The zero-order valence-corrected chi connectivity index (χ0v) is 11.4. The van der Waals surface area contributed by atoms with Gasteiger partial charge in [-0.05, 0) is 25.1 Å². The van der Waals surface area contributed by atoms with E-state index in [0.717, 1.165) is 0 Å². The predicted octanol–water partition coefficient (Wildman–Crippen LogP) is 1.32. The Hall–Kier alpha value is -2.57. The average Bonchev–Trinajstić information content (AvgIpc) is 2.82. The van der Waals surface area contributed by atoms with Gasteiger partial charge in [-0.1, -0.05) is 5.16 Å². The third-order valence-electron chi connectivity index (χ3n) is 2.63. The van der Waals surface area contributed by atoms with Crippen molar-refractivity contribution in [2.24, 2.45) is 0 Å². The Morgan fingerprint density at radius 1 is 1.45 bits per heavy atom. The molecule has 106 valence electrons. The number of benzene rings is 1. The van der Waals surface area contributed by atoms with Crippen LogP contribution >= 0.6 is 0 Å². The Balaban J connectivity index is 2.16. The minimum absolute atomic E-state index is 0.153. The molecule has 20 heavy (non-hydrogen) atoms. The molecule has 0 aliphatic rings. The molecule has 4 N–H and O–H groups in total. The Bertz CT molecular complexity index is 609. The highest BCUT2D eigenvalue weighted by Crippen LogP contribution is 2.19. The van der Waals surface area contributed by atoms with Crippen LogP contribution in [-0.2, 0) is 6.54 Å². The first kappa shape index (κ1) is 13.9. The van der Waals surface area contributed by atoms with Crippen molar-refractivity contribution in [3.63, 3.8) is 0 Å². The number of carbonyl (C=O) groups is 1. The number of hydrogen-bond acceptors (Lipinski definition) is 6. The Labute approximate surface area is 116 Å². The number of hydrogen-bond donors (Lipinski definition) is 3. The molecule has 0 fully saturated rings. The summed E-state index contributed by atoms with van der Waals surface area (Å²) in [6, 6.07) is 5.08. The predicted molar refractivity (Wildman–Crippen MR) is 75.2 cm³/mol. The van der Waals surface area contributed by atoms with Crippen LogP contribution in [0.15, 0.2) is 22.7 Å². The molecule has 2 rings (SSSR count). The zero-order chi connectivity index (χ0) is 14.5. The van der Waals surface area contributed by atoms with Crippen LogP contribution in [0, 0.1) is 6.92 Å². The molecule has 0 saturated carbocycles. The van der Waals surface area contributed by atoms with Crippen molar-refractivity contribution in [2.45, 2.75) is 20.4 Å². The summed E-state index contributed by atoms with van der Waals surface area (Å²) >= 11 is 0. The molecule has 0 bridgehead atoms. The molecule has 7 heteroatoms. The van der Waals surface area contributed by atoms with Crippen LogP contribution in [0.2, 0.25) is 0 Å². The number of aromatic nitrogens is 2. The van der Waals surface area contributed by atoms with Gasteiger partial charge in [0.15, 0.2) is 5.82 Å². The molecule has 0 aliphatic heterocycles. The van der Waals surface area contributed by atoms with E-state index in [0.29, 0.717) is 41.7 Å². The molecule has 1 amide bonds. The molecule has 1 aromatic heterocycles. The van der Waals surface area contributed by atoms with Crippen molar-refractivity contribution in [3.05, 3.63) is 35.5 Å². The third kappa shape index (κ3) is 3.25. The number of nitrogen functional groups attached to an aromatic ring is 1. The summed E-state index contributed by atoms with van der Waals surface area (Å²) in [6.07, 6.45) is 0. The van der Waals surface area contributed by atoms with Gasteiger partial charge in [0.2, 0.25) is 5.89 Å². The molecule has 1 aromatic carbocycles. The van der Waals surface area contributed by atoms with Gasteiger partial charge >= 0.3 is 0 Å². The van der Waals surface area contributed by atoms with Gasteiger partial charge in [-0.2, -0.15) is 4.98 Å². The van der Waals surface area contributed by atoms with Crippen molar-refractivity contribution in [3.8, 4) is 0 Å². The lowest BCUT2D eigenvalue weighted by Crippen LogP contribution is -2.24. The summed E-state index contributed by atoms with van der Waals surface area (Å²) in [7, 11) is 0. The molecule has 0 saturated heterocycles. The SMILES string of the molecule is CCNC(=O)c1ccc(N)cc1NCc1noc(C)n1. The Kier molecular flexibility index (Phi) is 4.19. The van der Waals surface area contributed by atoms with Gasteiger partial charge < -0.3 is 20.9 Å². The highest BCUT2D eigenvalue weighted by molar-refractivity contribution is 6.00. The van der Waals surface area contributed by atoms with Crippen LogP contribution in [0.4, 0.5) is 11.4 Å². The highest BCUT2D eigenvalue weighted by atomic mass is 16.5. The number of nitrogens with zero attached hydrogens (tertiary/aromatic N) is 2. The van der Waals surface area contributed by atoms with Crippen LogP contribution in [-0.4, -0.2) is 22.6 Å². The number of amides is 1. The van der Waals surface area contributed by atoms with E-state index < -0.39 is 0 Å². The number of rotatable bonds is 5. The number of anilines is 2. The average molecular weight is 275 g/mol. The number of aryl methyl sites for hydroxylation is 1. The molecule has 7 nitrogen and oxygen atoms in total. The Morgan fingerprint density at radius 2 is 2.25 bits per heavy atom. The molecule has 0 radical (unpaired) electrons. The summed E-state index contributed by atoms with van der Waals surface area (Å²) in [5, 5.41) is 9.64. The molecule has 0 unspecified atom stereocenters. The summed E-state index contributed by atoms with van der Waals surface area (Å²) in [6.45, 7) is 4.50. The van der Waals surface area contributed by atoms with Gasteiger partial charge in [0.05, 0.1) is 12.1 Å². The van der Waals surface area contributed by atoms with E-state index in [1.807, 2.05) is 6.92 Å². The van der Waals surface area contributed by atoms with Gasteiger partial charge in [0.25, 0.3) is 5.91 Å². The van der Waals surface area contributed by atoms with Gasteiger partial charge in [0.1, 0.15) is 0 Å². The van der Waals surface area contributed by atoms with E-state index in [1.165, 1.54) is 0 Å². The van der Waals surface area contributed by atoms with E-state index in [-0.39, 0.29) is 5.91 Å². The van der Waals surface area contributed by atoms with Crippen molar-refractivity contribution in [1.29, 1.82) is 0 Å². The minimum atomic E-state index is -0.153. The maximum absolute atomic E-state index is 12.0. The summed E-state index contributed by atoms with van der Waals surface area (Å²) in [5.74, 6) is 0.865. The fourth-order valence-corrected chi connectivity index (χ4v) is 1.75. The minimum Gasteiger partial charge on any atom is -0.399 e. The third-order valence-corrected chi connectivity index (χ3v) is 2.63. The van der Waals surface area contributed by atoms with Gasteiger partial charge in [-0.3, -0.25) is 4.79 Å². The number of nitrogens with one attached hydrogen (secondary N) is 2. The number of nitrogens with two attached hydrogens (primary N) is 1. The summed E-state index contributed by atoms with van der Waals surface area (Å²) < 4.78 is 4.89. The van der Waals surface area contributed by atoms with Crippen LogP contribution in [0.25, 0.3) is 0 Å². The normalized spacial score (nSPS) is 10.3. The molecule has 0 atom stereocenters. The summed E-state index contributed by atoms with van der Waals surface area (Å²) in [4.78, 5) is 16.0. The van der Waals surface area contributed by atoms with Gasteiger partial charge in [0, 0.05) is 24.8 Å². The van der Waals surface area contributed by atoms with E-state index in [4.69, 9.17) is 10.3 Å². The molecule has 0 aliphatic carbocycles. The zero-order valence-electron chi connectivity index (χ0n) is 11.4. The lowest BCUT2D eigenvalue weighted by molar-refractivity contribution is 0.0956. The van der Waals surface area contributed by atoms with Crippen molar-refractivity contribution in [1.82, 2.24) is 15.5 Å². The quantitative estimate of drug-likeness (QED) is 0.711. The highest BCUT2D eigenvalue weighted by Gasteiger charge is 2.11. The first-order valence-corrected chi connectivity index (χ1v) is 6.31. The molecule has 1 heterocycles. The fourth-order valence-electron chi connectivity index (χ4n) is 1.75. The van der Waals surface area contributed by atoms with E-state index in [9.17, 15) is 4.79 Å². The van der Waals surface area contributed by atoms with Crippen LogP contribution in [0.1, 0.15) is 29.0 Å². The van der Waals surface area contributed by atoms with Crippen LogP contribution in [0.5, 0.6) is 0 Å². The van der Waals surface area contributed by atoms with Gasteiger partial charge in [-0.25, -0.2) is 0 Å². The molecule has 0 spiro atoms. The number of carbonyl (C=O) groups excluding carboxylic acids is 1. The summed E-state index contributed by atoms with van der Waals surface area (Å²) in [5.41, 5.74) is 7.49. The Morgan fingerprint density at radius 3 is 2.90 bits per heavy atom. The van der Waals surface area contributed by atoms with Gasteiger partial charge in [-0.15, -0.1) is 0 Å². The smallest absolute Gasteiger partial charge is 0.253 e. The van der Waals surface area contributed by atoms with E-state index >= 15 is 0 Å². The first-order chi connectivity index (χ1) is 9.60. The second-order valence-corrected chi connectivity index (χ2v) is 4.25. The first-order valence-electron chi connectivity index (χ1n) is 6.31. The second-order valence-electron chi connectivity index (χ2n) is 4.25. The maximum Gasteiger partial charge on any atom is 0.253 e. The molecule has 2 aromatic rings. The van der Waals surface area contributed by atoms with Crippen LogP contribution in [0.3, 0.4) is 0 Å². The maximum atomic E-state index is 12.0. The van der Waals surface area contributed by atoms with Crippen LogP contribution < -0.4 is 16.4 Å². The fraction of sp³-hybridized carbons (Fsp3) is 0.308. The lowest BCUT2D eigenvalue weighted by atomic mass is 10.1. The molecular formula is C13H17N5O2.